The normalized spacial score (nSPS) is 10.9. The van der Waals surface area contributed by atoms with Crippen LogP contribution in [0, 0.1) is 0 Å². The van der Waals surface area contributed by atoms with E-state index in [-0.39, 0.29) is 5.70 Å². The van der Waals surface area contributed by atoms with Gasteiger partial charge in [0.15, 0.2) is 0 Å². The number of carbonyl (C=O) groups excluding carboxylic acids is 3. The predicted octanol–water partition coefficient (Wildman–Crippen LogP) is 4.24. The zero-order valence-electron chi connectivity index (χ0n) is 15.8. The van der Waals surface area contributed by atoms with E-state index in [9.17, 15) is 14.4 Å². The molecule has 2 aromatic carbocycles. The largest absolute Gasteiger partial charge is 0.465 e. The van der Waals surface area contributed by atoms with Gasteiger partial charge < -0.3 is 19.8 Å². The van der Waals surface area contributed by atoms with Crippen LogP contribution in [0.2, 0.25) is 0 Å². The lowest BCUT2D eigenvalue weighted by molar-refractivity contribution is -0.113. The summed E-state index contributed by atoms with van der Waals surface area (Å²) in [7, 11) is 1.29. The smallest absolute Gasteiger partial charge is 0.337 e. The second-order valence-electron chi connectivity index (χ2n) is 6.03. The van der Waals surface area contributed by atoms with E-state index in [1.165, 1.54) is 31.6 Å². The summed E-state index contributed by atoms with van der Waals surface area (Å²) in [5.41, 5.74) is 1.15. The van der Waals surface area contributed by atoms with Gasteiger partial charge in [-0.2, -0.15) is 0 Å². The Hall–Kier alpha value is -3.65. The van der Waals surface area contributed by atoms with Gasteiger partial charge in [-0.3, -0.25) is 9.59 Å². The summed E-state index contributed by atoms with van der Waals surface area (Å²) >= 11 is 3.33. The van der Waals surface area contributed by atoms with Crippen LogP contribution >= 0.6 is 15.9 Å². The molecule has 7 nitrogen and oxygen atoms in total. The molecule has 1 heterocycles. The van der Waals surface area contributed by atoms with E-state index in [0.29, 0.717) is 27.0 Å². The minimum Gasteiger partial charge on any atom is -0.465 e. The number of esters is 1. The molecular weight excluding hydrogens is 452 g/mol. The number of anilines is 1. The standard InChI is InChI=1S/C22H17BrN2O5/c1-29-22(28)14-8-10-15(11-9-14)24-21(27)19(13-16-5-4-12-30-16)25-20(26)17-6-2-3-7-18(17)23/h2-13H,1H3,(H,24,27)(H,25,26). The molecule has 3 rings (SSSR count). The first-order valence-electron chi connectivity index (χ1n) is 8.78. The fourth-order valence-electron chi connectivity index (χ4n) is 2.51. The summed E-state index contributed by atoms with van der Waals surface area (Å²) in [4.78, 5) is 37.0. The van der Waals surface area contributed by atoms with Crippen LogP contribution in [0.1, 0.15) is 26.5 Å². The van der Waals surface area contributed by atoms with Crippen molar-refractivity contribution < 1.29 is 23.5 Å². The van der Waals surface area contributed by atoms with Crippen LogP contribution in [-0.4, -0.2) is 24.9 Å². The number of hydrogen-bond donors (Lipinski definition) is 2. The molecule has 152 valence electrons. The second-order valence-corrected chi connectivity index (χ2v) is 6.88. The van der Waals surface area contributed by atoms with Gasteiger partial charge in [-0.25, -0.2) is 4.79 Å². The summed E-state index contributed by atoms with van der Waals surface area (Å²) < 4.78 is 10.5. The Morgan fingerprint density at radius 1 is 1.00 bits per heavy atom. The molecular formula is C22H17BrN2O5. The average Bonchev–Trinajstić information content (AvgIpc) is 3.26. The van der Waals surface area contributed by atoms with Crippen LogP contribution in [0.15, 0.2) is 81.5 Å². The zero-order valence-corrected chi connectivity index (χ0v) is 17.4. The minimum absolute atomic E-state index is 0.0113. The van der Waals surface area contributed by atoms with Crippen molar-refractivity contribution in [2.24, 2.45) is 0 Å². The van der Waals surface area contributed by atoms with Gasteiger partial charge in [-0.1, -0.05) is 12.1 Å². The third-order valence-electron chi connectivity index (χ3n) is 4.00. The lowest BCUT2D eigenvalue weighted by Crippen LogP contribution is -2.31. The van der Waals surface area contributed by atoms with Crippen molar-refractivity contribution in [2.75, 3.05) is 12.4 Å². The maximum Gasteiger partial charge on any atom is 0.337 e. The molecule has 0 fully saturated rings. The molecule has 2 N–H and O–H groups in total. The van der Waals surface area contributed by atoms with Gasteiger partial charge in [-0.15, -0.1) is 0 Å². The van der Waals surface area contributed by atoms with Gasteiger partial charge in [0.2, 0.25) is 0 Å². The van der Waals surface area contributed by atoms with Gasteiger partial charge in [0.25, 0.3) is 11.8 Å². The number of nitrogens with one attached hydrogen (secondary N) is 2. The highest BCUT2D eigenvalue weighted by Crippen LogP contribution is 2.17. The Morgan fingerprint density at radius 3 is 2.37 bits per heavy atom. The highest BCUT2D eigenvalue weighted by Gasteiger charge is 2.17. The molecule has 0 bridgehead atoms. The van der Waals surface area contributed by atoms with Gasteiger partial charge in [-0.05, 0) is 64.5 Å². The molecule has 0 saturated carbocycles. The third kappa shape index (κ3) is 5.24. The highest BCUT2D eigenvalue weighted by molar-refractivity contribution is 9.10. The van der Waals surface area contributed by atoms with Gasteiger partial charge in [0.1, 0.15) is 11.5 Å². The number of amides is 2. The van der Waals surface area contributed by atoms with Crippen molar-refractivity contribution in [3.05, 3.63) is 94.0 Å². The van der Waals surface area contributed by atoms with Crippen LogP contribution < -0.4 is 10.6 Å². The predicted molar refractivity (Wildman–Crippen MR) is 115 cm³/mol. The van der Waals surface area contributed by atoms with Gasteiger partial charge in [0, 0.05) is 16.2 Å². The van der Waals surface area contributed by atoms with Crippen molar-refractivity contribution >= 4 is 45.5 Å². The van der Waals surface area contributed by atoms with Gasteiger partial charge in [0.05, 0.1) is 24.5 Å². The van der Waals surface area contributed by atoms with E-state index >= 15 is 0 Å². The first kappa shape index (κ1) is 21.1. The van der Waals surface area contributed by atoms with Crippen molar-refractivity contribution in [2.45, 2.75) is 0 Å². The molecule has 0 aliphatic heterocycles. The molecule has 0 atom stereocenters. The van der Waals surface area contributed by atoms with Crippen LogP contribution in [0.5, 0.6) is 0 Å². The van der Waals surface area contributed by atoms with E-state index in [1.807, 2.05) is 0 Å². The fraction of sp³-hybridized carbons (Fsp3) is 0.0455. The Labute approximate surface area is 180 Å². The highest BCUT2D eigenvalue weighted by atomic mass is 79.9. The van der Waals surface area contributed by atoms with E-state index < -0.39 is 17.8 Å². The molecule has 0 aliphatic rings. The van der Waals surface area contributed by atoms with Crippen LogP contribution in [0.3, 0.4) is 0 Å². The summed E-state index contributed by atoms with van der Waals surface area (Å²) in [5.74, 6) is -1.10. The summed E-state index contributed by atoms with van der Waals surface area (Å²) in [6.45, 7) is 0. The fourth-order valence-corrected chi connectivity index (χ4v) is 2.98. The molecule has 0 saturated heterocycles. The monoisotopic (exact) mass is 468 g/mol. The Balaban J connectivity index is 1.82. The number of furan rings is 1. The summed E-state index contributed by atoms with van der Waals surface area (Å²) in [6, 6.07) is 16.4. The molecule has 0 radical (unpaired) electrons. The average molecular weight is 469 g/mol. The Kier molecular flexibility index (Phi) is 6.82. The topological polar surface area (TPSA) is 97.6 Å². The summed E-state index contributed by atoms with van der Waals surface area (Å²) in [5, 5.41) is 5.30. The number of rotatable bonds is 6. The Bertz CT molecular complexity index is 1090. The van der Waals surface area contributed by atoms with E-state index in [4.69, 9.17) is 4.42 Å². The van der Waals surface area contributed by atoms with Crippen molar-refractivity contribution in [1.29, 1.82) is 0 Å². The molecule has 8 heteroatoms. The van der Waals surface area contributed by atoms with E-state index in [1.54, 1.807) is 48.5 Å². The van der Waals surface area contributed by atoms with Gasteiger partial charge >= 0.3 is 5.97 Å². The van der Waals surface area contributed by atoms with Crippen molar-refractivity contribution in [3.63, 3.8) is 0 Å². The second kappa shape index (κ2) is 9.71. The number of halogens is 1. The molecule has 2 amide bonds. The minimum atomic E-state index is -0.558. The lowest BCUT2D eigenvalue weighted by Gasteiger charge is -2.12. The lowest BCUT2D eigenvalue weighted by atomic mass is 10.2. The van der Waals surface area contributed by atoms with Crippen LogP contribution in [0.25, 0.3) is 6.08 Å². The first-order valence-corrected chi connectivity index (χ1v) is 9.58. The molecule has 0 spiro atoms. The zero-order chi connectivity index (χ0) is 21.5. The quantitative estimate of drug-likeness (QED) is 0.416. The van der Waals surface area contributed by atoms with E-state index in [0.717, 1.165) is 0 Å². The molecule has 3 aromatic rings. The third-order valence-corrected chi connectivity index (χ3v) is 4.70. The number of methoxy groups -OCH3 is 1. The Morgan fingerprint density at radius 2 is 1.73 bits per heavy atom. The van der Waals surface area contributed by atoms with E-state index in [2.05, 4.69) is 31.3 Å². The maximum absolute atomic E-state index is 12.8. The first-order chi connectivity index (χ1) is 14.5. The molecule has 30 heavy (non-hydrogen) atoms. The van der Waals surface area contributed by atoms with Crippen molar-refractivity contribution in [3.8, 4) is 0 Å². The maximum atomic E-state index is 12.8. The number of hydrogen-bond acceptors (Lipinski definition) is 5. The SMILES string of the molecule is COC(=O)c1ccc(NC(=O)C(=Cc2ccco2)NC(=O)c2ccccc2Br)cc1. The molecule has 0 unspecified atom stereocenters. The molecule has 0 aliphatic carbocycles. The number of ether oxygens (including phenoxy) is 1. The van der Waals surface area contributed by atoms with Crippen LogP contribution in [-0.2, 0) is 9.53 Å². The number of benzene rings is 2. The van der Waals surface area contributed by atoms with Crippen molar-refractivity contribution in [1.82, 2.24) is 5.32 Å². The van der Waals surface area contributed by atoms with Crippen LogP contribution in [0.4, 0.5) is 5.69 Å². The summed E-state index contributed by atoms with van der Waals surface area (Å²) in [6.07, 6.45) is 2.88. The number of carbonyl (C=O) groups is 3. The molecule has 1 aromatic heterocycles.